The highest BCUT2D eigenvalue weighted by Gasteiger charge is 2.38. The first-order chi connectivity index (χ1) is 23.3. The number of benzene rings is 1. The number of nitrogens with one attached hydrogen (secondary N) is 4. The summed E-state index contributed by atoms with van der Waals surface area (Å²) in [4.78, 5) is 78.0. The third-order valence-corrected chi connectivity index (χ3v) is 8.81. The van der Waals surface area contributed by atoms with Gasteiger partial charge >= 0.3 is 5.97 Å². The van der Waals surface area contributed by atoms with Crippen molar-refractivity contribution >= 4 is 35.5 Å². The monoisotopic (exact) mass is 687 g/mol. The summed E-state index contributed by atoms with van der Waals surface area (Å²) >= 11 is 0. The van der Waals surface area contributed by atoms with Gasteiger partial charge in [-0.3, -0.25) is 24.0 Å². The molecule has 1 aliphatic rings. The number of unbranched alkanes of at least 4 members (excludes halogenated alkanes) is 8. The zero-order valence-corrected chi connectivity index (χ0v) is 29.5. The number of hydrogen-bond acceptors (Lipinski definition) is 7. The number of aliphatic carboxylic acids is 1. The van der Waals surface area contributed by atoms with Crippen LogP contribution >= 0.6 is 0 Å². The second kappa shape index (κ2) is 21.9. The van der Waals surface area contributed by atoms with Crippen molar-refractivity contribution in [1.29, 1.82) is 0 Å². The minimum Gasteiger partial charge on any atom is -0.480 e. The summed E-state index contributed by atoms with van der Waals surface area (Å²) in [5.41, 5.74) is 0.739. The summed E-state index contributed by atoms with van der Waals surface area (Å²) in [6, 6.07) is 3.39. The fourth-order valence-electron chi connectivity index (χ4n) is 5.89. The summed E-state index contributed by atoms with van der Waals surface area (Å²) in [5, 5.41) is 30.0. The van der Waals surface area contributed by atoms with Gasteiger partial charge in [-0.1, -0.05) is 88.6 Å². The lowest BCUT2D eigenvalue weighted by Crippen LogP contribution is -2.58. The van der Waals surface area contributed by atoms with Crippen LogP contribution in [0, 0.1) is 0 Å². The molecule has 1 saturated heterocycles. The first-order valence-corrected chi connectivity index (χ1v) is 17.8. The lowest BCUT2D eigenvalue weighted by molar-refractivity contribution is -0.144. The Bertz CT molecular complexity index is 1230. The highest BCUT2D eigenvalue weighted by molar-refractivity contribution is 5.96. The largest absolute Gasteiger partial charge is 0.480 e. The van der Waals surface area contributed by atoms with Crippen molar-refractivity contribution in [2.75, 3.05) is 6.54 Å². The van der Waals surface area contributed by atoms with Gasteiger partial charge in [-0.15, -0.1) is 0 Å². The molecule has 274 valence electrons. The number of aliphatic hydroxyl groups is 1. The number of carboxylic acids is 1. The molecule has 13 heteroatoms. The molecule has 6 N–H and O–H groups in total. The Morgan fingerprint density at radius 1 is 0.796 bits per heavy atom. The number of nitrogens with zero attached hydrogens (tertiary/aromatic N) is 1. The van der Waals surface area contributed by atoms with E-state index in [1.165, 1.54) is 57.8 Å². The van der Waals surface area contributed by atoms with Crippen LogP contribution < -0.4 is 21.3 Å². The maximum Gasteiger partial charge on any atom is 0.326 e. The summed E-state index contributed by atoms with van der Waals surface area (Å²) in [6.07, 6.45) is 9.86. The third kappa shape index (κ3) is 14.6. The van der Waals surface area contributed by atoms with Crippen molar-refractivity contribution in [2.45, 2.75) is 147 Å². The van der Waals surface area contributed by atoms with Crippen LogP contribution in [0.3, 0.4) is 0 Å². The number of aliphatic hydroxyl groups excluding tert-OH is 1. The van der Waals surface area contributed by atoms with Crippen LogP contribution in [0.2, 0.25) is 0 Å². The molecule has 13 nitrogen and oxygen atoms in total. The Hall–Kier alpha value is -4.00. The zero-order chi connectivity index (χ0) is 36.3. The van der Waals surface area contributed by atoms with E-state index in [0.717, 1.165) is 24.8 Å². The number of rotatable bonds is 22. The van der Waals surface area contributed by atoms with Crippen LogP contribution in [0.5, 0.6) is 0 Å². The van der Waals surface area contributed by atoms with Crippen LogP contribution in [-0.4, -0.2) is 93.5 Å². The van der Waals surface area contributed by atoms with Gasteiger partial charge < -0.3 is 36.4 Å². The van der Waals surface area contributed by atoms with Gasteiger partial charge in [-0.2, -0.15) is 0 Å². The van der Waals surface area contributed by atoms with Crippen molar-refractivity contribution in [3.8, 4) is 0 Å². The number of likely N-dealkylation sites (tertiary alicyclic amines) is 1. The summed E-state index contributed by atoms with van der Waals surface area (Å²) in [5.74, 6) is -4.08. The van der Waals surface area contributed by atoms with Crippen LogP contribution in [0.1, 0.15) is 110 Å². The highest BCUT2D eigenvalue weighted by atomic mass is 16.4. The Balaban J connectivity index is 1.84. The van der Waals surface area contributed by atoms with E-state index < -0.39 is 65.9 Å². The number of amides is 5. The molecule has 1 heterocycles. The molecular formula is C36H57N5O8. The quantitative estimate of drug-likeness (QED) is 0.100. The normalized spacial score (nSPS) is 17.2. The maximum atomic E-state index is 13.3. The molecule has 0 aromatic heterocycles. The molecule has 6 atom stereocenters. The molecule has 0 saturated carbocycles. The molecule has 0 unspecified atom stereocenters. The molecule has 1 aliphatic heterocycles. The van der Waals surface area contributed by atoms with E-state index in [1.807, 2.05) is 0 Å². The van der Waals surface area contributed by atoms with E-state index >= 15 is 0 Å². The molecule has 5 amide bonds. The molecule has 2 rings (SSSR count). The van der Waals surface area contributed by atoms with E-state index in [4.69, 9.17) is 0 Å². The number of hydrogen-bond donors (Lipinski definition) is 6. The molecule has 0 spiro atoms. The van der Waals surface area contributed by atoms with Gasteiger partial charge in [0.25, 0.3) is 0 Å². The third-order valence-electron chi connectivity index (χ3n) is 8.81. The van der Waals surface area contributed by atoms with E-state index in [1.54, 1.807) is 30.3 Å². The van der Waals surface area contributed by atoms with Gasteiger partial charge in [0.15, 0.2) is 0 Å². The van der Waals surface area contributed by atoms with Gasteiger partial charge in [0, 0.05) is 19.4 Å². The summed E-state index contributed by atoms with van der Waals surface area (Å²) in [6.45, 7) is 6.69. The maximum absolute atomic E-state index is 13.3. The van der Waals surface area contributed by atoms with Crippen molar-refractivity contribution < 1.29 is 39.0 Å². The Labute approximate surface area is 290 Å². The number of carbonyl (C=O) groups excluding carboxylic acids is 5. The second-order valence-corrected chi connectivity index (χ2v) is 13.1. The molecule has 1 aromatic carbocycles. The fourth-order valence-corrected chi connectivity index (χ4v) is 5.89. The molecule has 0 radical (unpaired) electrons. The lowest BCUT2D eigenvalue weighted by Gasteiger charge is -2.29. The smallest absolute Gasteiger partial charge is 0.326 e. The predicted molar refractivity (Wildman–Crippen MR) is 185 cm³/mol. The molecule has 1 fully saturated rings. The number of carbonyl (C=O) groups is 6. The van der Waals surface area contributed by atoms with Gasteiger partial charge in [0.1, 0.15) is 30.2 Å². The average Bonchev–Trinajstić information content (AvgIpc) is 3.56. The first-order valence-electron chi connectivity index (χ1n) is 17.8. The predicted octanol–water partition coefficient (Wildman–Crippen LogP) is 2.59. The first kappa shape index (κ1) is 41.2. The van der Waals surface area contributed by atoms with E-state index in [9.17, 15) is 39.0 Å². The molecule has 0 bridgehead atoms. The van der Waals surface area contributed by atoms with Crippen LogP contribution in [0.25, 0.3) is 0 Å². The van der Waals surface area contributed by atoms with Crippen molar-refractivity contribution in [1.82, 2.24) is 26.2 Å². The molecular weight excluding hydrogens is 630 g/mol. The van der Waals surface area contributed by atoms with Crippen molar-refractivity contribution in [3.05, 3.63) is 35.9 Å². The topological polar surface area (TPSA) is 194 Å². The Kier molecular flexibility index (Phi) is 18.4. The second-order valence-electron chi connectivity index (χ2n) is 13.1. The molecule has 0 aliphatic carbocycles. The van der Waals surface area contributed by atoms with E-state index in [0.29, 0.717) is 19.3 Å². The van der Waals surface area contributed by atoms with Crippen LogP contribution in [0.15, 0.2) is 30.3 Å². The lowest BCUT2D eigenvalue weighted by atomic mass is 10.1. The van der Waals surface area contributed by atoms with Crippen molar-refractivity contribution in [3.63, 3.8) is 0 Å². The average molecular weight is 688 g/mol. The molecule has 49 heavy (non-hydrogen) atoms. The van der Waals surface area contributed by atoms with Gasteiger partial charge in [-0.25, -0.2) is 4.79 Å². The minimum atomic E-state index is -1.26. The SMILES string of the molecule is CCCCCCCCCCCC(=O)N[C@H](C(=O)N[C@@H](C)C(=O)N[C@@H](C)C(=O)N1CCC[C@H]1C(=O)N[C@@H](Cc1ccccc1)C(=O)O)[C@@H](C)O. The van der Waals surface area contributed by atoms with Gasteiger partial charge in [0.2, 0.25) is 29.5 Å². The summed E-state index contributed by atoms with van der Waals surface area (Å²) < 4.78 is 0. The Morgan fingerprint density at radius 3 is 1.98 bits per heavy atom. The van der Waals surface area contributed by atoms with Gasteiger partial charge in [-0.05, 0) is 45.6 Å². The van der Waals surface area contributed by atoms with Crippen LogP contribution in [-0.2, 0) is 35.2 Å². The standard InChI is InChI=1S/C36H57N5O8/c1-5-6-7-8-9-10-11-12-16-21-30(43)40-31(26(4)42)34(46)37-24(2)32(44)38-25(3)35(47)41-22-17-20-29(41)33(45)39-28(36(48)49)23-27-18-14-13-15-19-27/h13-15,18-19,24-26,28-29,31,42H,5-12,16-17,20-23H2,1-4H3,(H,37,46)(H,38,44)(H,39,45)(H,40,43)(H,48,49)/t24-,25-,26+,28-,29-,31-/m0/s1. The number of carboxylic acid groups (broad SMARTS) is 1. The van der Waals surface area contributed by atoms with E-state index in [-0.39, 0.29) is 25.3 Å². The van der Waals surface area contributed by atoms with E-state index in [2.05, 4.69) is 28.2 Å². The summed E-state index contributed by atoms with van der Waals surface area (Å²) in [7, 11) is 0. The van der Waals surface area contributed by atoms with Crippen LogP contribution in [0.4, 0.5) is 0 Å². The fraction of sp³-hybridized carbons (Fsp3) is 0.667. The molecule has 1 aromatic rings. The van der Waals surface area contributed by atoms with Crippen molar-refractivity contribution in [2.24, 2.45) is 0 Å². The highest BCUT2D eigenvalue weighted by Crippen LogP contribution is 2.19. The minimum absolute atomic E-state index is 0.0809. The van der Waals surface area contributed by atoms with Gasteiger partial charge in [0.05, 0.1) is 6.10 Å². The Morgan fingerprint density at radius 2 is 1.39 bits per heavy atom. The zero-order valence-electron chi connectivity index (χ0n) is 29.5.